The third-order valence-electron chi connectivity index (χ3n) is 4.71. The molecule has 0 aromatic carbocycles. The van der Waals surface area contributed by atoms with Gasteiger partial charge in [0, 0.05) is 36.7 Å². The third-order valence-corrected chi connectivity index (χ3v) is 5.84. The van der Waals surface area contributed by atoms with Crippen molar-refractivity contribution in [3.8, 4) is 0 Å². The lowest BCUT2D eigenvalue weighted by atomic mass is 9.98. The summed E-state index contributed by atoms with van der Waals surface area (Å²) in [5.74, 6) is 0.858. The van der Waals surface area contributed by atoms with Crippen LogP contribution < -0.4 is 0 Å². The summed E-state index contributed by atoms with van der Waals surface area (Å²) in [5.41, 5.74) is 1.47. The first-order valence-electron chi connectivity index (χ1n) is 8.48. The smallest absolute Gasteiger partial charge is 0.276 e. The average Bonchev–Trinajstić information content (AvgIpc) is 3.34. The summed E-state index contributed by atoms with van der Waals surface area (Å²) in [7, 11) is 0. The SMILES string of the molecule is Cc1csc([C@@H]2CCCN(C(=O)c3ncoc3[C@@H]3CCCO3)C2)n1. The number of rotatable bonds is 3. The number of carbonyl (C=O) groups excluding carboxylic acids is 1. The fourth-order valence-corrected chi connectivity index (χ4v) is 4.43. The molecule has 128 valence electrons. The lowest BCUT2D eigenvalue weighted by Crippen LogP contribution is -2.39. The molecule has 2 aliphatic rings. The summed E-state index contributed by atoms with van der Waals surface area (Å²) in [6.07, 6.45) is 5.17. The third kappa shape index (κ3) is 2.98. The zero-order valence-electron chi connectivity index (χ0n) is 13.7. The molecule has 2 aromatic rings. The van der Waals surface area contributed by atoms with Crippen molar-refractivity contribution in [1.82, 2.24) is 14.9 Å². The van der Waals surface area contributed by atoms with Gasteiger partial charge in [-0.2, -0.15) is 0 Å². The van der Waals surface area contributed by atoms with Gasteiger partial charge >= 0.3 is 0 Å². The van der Waals surface area contributed by atoms with Crippen LogP contribution >= 0.6 is 11.3 Å². The minimum Gasteiger partial charge on any atom is -0.445 e. The molecule has 0 saturated carbocycles. The van der Waals surface area contributed by atoms with E-state index >= 15 is 0 Å². The van der Waals surface area contributed by atoms with E-state index < -0.39 is 0 Å². The van der Waals surface area contributed by atoms with Crippen molar-refractivity contribution in [2.45, 2.75) is 44.6 Å². The molecule has 4 heterocycles. The topological polar surface area (TPSA) is 68.5 Å². The zero-order chi connectivity index (χ0) is 16.5. The van der Waals surface area contributed by atoms with Crippen LogP contribution in [0.2, 0.25) is 0 Å². The Kier molecular flexibility index (Phi) is 4.37. The molecule has 2 aliphatic heterocycles. The molecule has 24 heavy (non-hydrogen) atoms. The molecule has 2 fully saturated rings. The minimum atomic E-state index is -0.131. The number of ether oxygens (including phenoxy) is 1. The van der Waals surface area contributed by atoms with Crippen LogP contribution in [0.1, 0.15) is 64.7 Å². The van der Waals surface area contributed by atoms with Gasteiger partial charge in [-0.15, -0.1) is 11.3 Å². The maximum absolute atomic E-state index is 13.0. The number of amides is 1. The second-order valence-electron chi connectivity index (χ2n) is 6.48. The molecule has 0 aliphatic carbocycles. The largest absolute Gasteiger partial charge is 0.445 e. The van der Waals surface area contributed by atoms with Crippen LogP contribution in [-0.2, 0) is 4.74 Å². The molecule has 0 radical (unpaired) electrons. The van der Waals surface area contributed by atoms with Crippen LogP contribution in [0.4, 0.5) is 0 Å². The lowest BCUT2D eigenvalue weighted by molar-refractivity contribution is 0.0671. The van der Waals surface area contributed by atoms with Crippen molar-refractivity contribution < 1.29 is 13.9 Å². The second kappa shape index (κ2) is 6.64. The summed E-state index contributed by atoms with van der Waals surface area (Å²) in [6, 6.07) is 0. The summed E-state index contributed by atoms with van der Waals surface area (Å²) < 4.78 is 11.1. The Bertz CT molecular complexity index is 720. The Morgan fingerprint density at radius 1 is 1.38 bits per heavy atom. The van der Waals surface area contributed by atoms with E-state index in [-0.39, 0.29) is 12.0 Å². The Morgan fingerprint density at radius 3 is 3.04 bits per heavy atom. The van der Waals surface area contributed by atoms with Gasteiger partial charge in [0.2, 0.25) is 0 Å². The molecule has 2 aromatic heterocycles. The van der Waals surface area contributed by atoms with E-state index in [4.69, 9.17) is 9.15 Å². The highest BCUT2D eigenvalue weighted by Gasteiger charge is 2.33. The summed E-state index contributed by atoms with van der Waals surface area (Å²) in [5, 5.41) is 3.20. The van der Waals surface area contributed by atoms with Crippen molar-refractivity contribution in [3.63, 3.8) is 0 Å². The highest BCUT2D eigenvalue weighted by molar-refractivity contribution is 7.09. The number of thiazole rings is 1. The molecule has 6 nitrogen and oxygen atoms in total. The molecule has 0 bridgehead atoms. The monoisotopic (exact) mass is 347 g/mol. The fourth-order valence-electron chi connectivity index (χ4n) is 3.50. The van der Waals surface area contributed by atoms with Gasteiger partial charge in [0.1, 0.15) is 6.10 Å². The van der Waals surface area contributed by atoms with Crippen molar-refractivity contribution >= 4 is 17.2 Å². The van der Waals surface area contributed by atoms with Crippen molar-refractivity contribution in [2.75, 3.05) is 19.7 Å². The van der Waals surface area contributed by atoms with Gasteiger partial charge in [-0.1, -0.05) is 0 Å². The normalized spacial score (nSPS) is 24.5. The summed E-state index contributed by atoms with van der Waals surface area (Å²) >= 11 is 1.69. The standard InChI is InChI=1S/C17H21N3O3S/c1-11-9-24-16(19-11)12-4-2-6-20(8-12)17(21)14-15(23-10-18-14)13-5-3-7-22-13/h9-10,12-13H,2-8H2,1H3/t12-,13+/m1/s1. The molecule has 7 heteroatoms. The molecular weight excluding hydrogens is 326 g/mol. The number of hydrogen-bond donors (Lipinski definition) is 0. The Labute approximate surface area is 144 Å². The second-order valence-corrected chi connectivity index (χ2v) is 7.37. The Hall–Kier alpha value is -1.73. The van der Waals surface area contributed by atoms with E-state index in [1.165, 1.54) is 6.39 Å². The van der Waals surface area contributed by atoms with Crippen LogP contribution in [0.5, 0.6) is 0 Å². The first-order chi connectivity index (χ1) is 11.7. The first kappa shape index (κ1) is 15.8. The van der Waals surface area contributed by atoms with Crippen LogP contribution in [0.15, 0.2) is 16.2 Å². The number of nitrogens with zero attached hydrogens (tertiary/aromatic N) is 3. The van der Waals surface area contributed by atoms with E-state index in [2.05, 4.69) is 15.3 Å². The fraction of sp³-hybridized carbons (Fsp3) is 0.588. The molecule has 2 saturated heterocycles. The van der Waals surface area contributed by atoms with Gasteiger partial charge < -0.3 is 14.1 Å². The average molecular weight is 347 g/mol. The predicted molar refractivity (Wildman–Crippen MR) is 89.2 cm³/mol. The molecule has 0 spiro atoms. The van der Waals surface area contributed by atoms with Crippen molar-refractivity contribution in [3.05, 3.63) is 33.9 Å². The maximum atomic E-state index is 13.0. The maximum Gasteiger partial charge on any atom is 0.276 e. The van der Waals surface area contributed by atoms with E-state index in [1.54, 1.807) is 11.3 Å². The van der Waals surface area contributed by atoms with E-state index in [1.807, 2.05) is 11.8 Å². The summed E-state index contributed by atoms with van der Waals surface area (Å²) in [6.45, 7) is 4.18. The van der Waals surface area contributed by atoms with Crippen LogP contribution in [0.3, 0.4) is 0 Å². The van der Waals surface area contributed by atoms with Crippen molar-refractivity contribution in [2.24, 2.45) is 0 Å². The van der Waals surface area contributed by atoms with Crippen molar-refractivity contribution in [1.29, 1.82) is 0 Å². The van der Waals surface area contributed by atoms with Gasteiger partial charge in [-0.25, -0.2) is 9.97 Å². The van der Waals surface area contributed by atoms with Gasteiger partial charge in [-0.05, 0) is 32.6 Å². The van der Waals surface area contributed by atoms with Crippen LogP contribution in [-0.4, -0.2) is 40.5 Å². The highest BCUT2D eigenvalue weighted by atomic mass is 32.1. The molecule has 0 unspecified atom stereocenters. The van der Waals surface area contributed by atoms with Gasteiger partial charge in [0.25, 0.3) is 5.91 Å². The van der Waals surface area contributed by atoms with E-state index in [9.17, 15) is 4.79 Å². The molecule has 2 atom stereocenters. The molecule has 0 N–H and O–H groups in total. The number of oxazole rings is 1. The van der Waals surface area contributed by atoms with Gasteiger partial charge in [0.05, 0.1) is 5.01 Å². The predicted octanol–water partition coefficient (Wildman–Crippen LogP) is 3.31. The first-order valence-corrected chi connectivity index (χ1v) is 9.36. The number of aryl methyl sites for hydroxylation is 1. The Balaban J connectivity index is 1.51. The van der Waals surface area contributed by atoms with Gasteiger partial charge in [0.15, 0.2) is 17.8 Å². The minimum absolute atomic E-state index is 0.0489. The van der Waals surface area contributed by atoms with Crippen LogP contribution in [0, 0.1) is 6.92 Å². The van der Waals surface area contributed by atoms with E-state index in [0.717, 1.165) is 42.9 Å². The number of aromatic nitrogens is 2. The zero-order valence-corrected chi connectivity index (χ0v) is 14.6. The number of likely N-dealkylation sites (tertiary alicyclic amines) is 1. The molecular formula is C17H21N3O3S. The molecule has 1 amide bonds. The lowest BCUT2D eigenvalue weighted by Gasteiger charge is -2.31. The van der Waals surface area contributed by atoms with Gasteiger partial charge in [-0.3, -0.25) is 4.79 Å². The highest BCUT2D eigenvalue weighted by Crippen LogP contribution is 2.33. The molecule has 4 rings (SSSR count). The Morgan fingerprint density at radius 2 is 2.29 bits per heavy atom. The quantitative estimate of drug-likeness (QED) is 0.852. The number of hydrogen-bond acceptors (Lipinski definition) is 6. The van der Waals surface area contributed by atoms with Crippen LogP contribution in [0.25, 0.3) is 0 Å². The van der Waals surface area contributed by atoms with E-state index in [0.29, 0.717) is 30.5 Å². The number of carbonyl (C=O) groups is 1. The summed E-state index contributed by atoms with van der Waals surface area (Å²) in [4.78, 5) is 23.6. The number of piperidine rings is 1.